The molecule has 1 atom stereocenters. The van der Waals surface area contributed by atoms with Gasteiger partial charge in [-0.3, -0.25) is 4.57 Å². The summed E-state index contributed by atoms with van der Waals surface area (Å²) in [4.78, 5) is 28.9. The Morgan fingerprint density at radius 3 is 2.53 bits per heavy atom. The fourth-order valence-corrected chi connectivity index (χ4v) is 3.86. The standard InChI is InChI=1S/C27H28N4O3/c1-3-34-26(32)19(2)28-27(33)29-21-11-9-10-20(18-21)16-17-25-30-23-14-7-8-15-24(23)31(25)22-12-5-4-6-13-22/h4-15,18-19H,3,16-17H2,1-2H3,(H2,28,29,33)/t19-/m0/s1. The van der Waals surface area contributed by atoms with Gasteiger partial charge in [0.1, 0.15) is 11.9 Å². The average molecular weight is 457 g/mol. The summed E-state index contributed by atoms with van der Waals surface area (Å²) >= 11 is 0. The Hall–Kier alpha value is -4.13. The molecule has 0 fully saturated rings. The molecule has 0 aliphatic carbocycles. The number of para-hydroxylation sites is 3. The Balaban J connectivity index is 1.47. The lowest BCUT2D eigenvalue weighted by atomic mass is 10.1. The monoisotopic (exact) mass is 456 g/mol. The molecule has 34 heavy (non-hydrogen) atoms. The molecule has 174 valence electrons. The van der Waals surface area contributed by atoms with Crippen molar-refractivity contribution in [1.29, 1.82) is 0 Å². The van der Waals surface area contributed by atoms with Gasteiger partial charge in [0.25, 0.3) is 0 Å². The summed E-state index contributed by atoms with van der Waals surface area (Å²) in [5.41, 5.74) is 4.84. The van der Waals surface area contributed by atoms with Crippen LogP contribution in [0.5, 0.6) is 0 Å². The molecule has 0 saturated carbocycles. The number of carbonyl (C=O) groups is 2. The topological polar surface area (TPSA) is 85.2 Å². The van der Waals surface area contributed by atoms with Crippen LogP contribution in [-0.4, -0.2) is 34.2 Å². The third-order valence-electron chi connectivity index (χ3n) is 5.45. The van der Waals surface area contributed by atoms with E-state index in [2.05, 4.69) is 33.4 Å². The number of benzene rings is 3. The van der Waals surface area contributed by atoms with Crippen LogP contribution in [0.4, 0.5) is 10.5 Å². The maximum absolute atomic E-state index is 12.3. The molecule has 0 spiro atoms. The Labute approximate surface area is 198 Å². The van der Waals surface area contributed by atoms with Gasteiger partial charge in [-0.2, -0.15) is 0 Å². The number of esters is 1. The maximum Gasteiger partial charge on any atom is 0.328 e. The number of nitrogens with zero attached hydrogens (tertiary/aromatic N) is 2. The fourth-order valence-electron chi connectivity index (χ4n) is 3.86. The SMILES string of the molecule is CCOC(=O)[C@H](C)NC(=O)Nc1cccc(CCc2nc3ccccc3n2-c2ccccc2)c1. The van der Waals surface area contributed by atoms with Crippen LogP contribution >= 0.6 is 0 Å². The molecule has 0 aliphatic heterocycles. The van der Waals surface area contributed by atoms with Crippen LogP contribution in [0.3, 0.4) is 0 Å². The van der Waals surface area contributed by atoms with Crippen LogP contribution in [-0.2, 0) is 22.4 Å². The first-order valence-corrected chi connectivity index (χ1v) is 11.4. The van der Waals surface area contributed by atoms with E-state index in [4.69, 9.17) is 9.72 Å². The van der Waals surface area contributed by atoms with Crippen molar-refractivity contribution in [2.24, 2.45) is 0 Å². The Bertz CT molecular complexity index is 1280. The number of urea groups is 1. The van der Waals surface area contributed by atoms with E-state index in [9.17, 15) is 9.59 Å². The molecule has 0 bridgehead atoms. The lowest BCUT2D eigenvalue weighted by Gasteiger charge is -2.14. The van der Waals surface area contributed by atoms with Crippen LogP contribution in [0, 0.1) is 0 Å². The molecule has 2 N–H and O–H groups in total. The molecule has 7 heteroatoms. The minimum atomic E-state index is -0.728. The largest absolute Gasteiger partial charge is 0.464 e. The highest BCUT2D eigenvalue weighted by molar-refractivity contribution is 5.92. The molecule has 2 amide bonds. The van der Waals surface area contributed by atoms with Gasteiger partial charge in [0, 0.05) is 17.8 Å². The zero-order valence-corrected chi connectivity index (χ0v) is 19.3. The number of hydrogen-bond donors (Lipinski definition) is 2. The van der Waals surface area contributed by atoms with Crippen LogP contribution in [0.2, 0.25) is 0 Å². The number of anilines is 1. The predicted molar refractivity (Wildman–Crippen MR) is 133 cm³/mol. The van der Waals surface area contributed by atoms with Gasteiger partial charge in [0.2, 0.25) is 0 Å². The van der Waals surface area contributed by atoms with E-state index in [0.717, 1.165) is 41.0 Å². The molecule has 3 aromatic carbocycles. The maximum atomic E-state index is 12.3. The van der Waals surface area contributed by atoms with Crippen molar-refractivity contribution in [1.82, 2.24) is 14.9 Å². The number of aryl methyl sites for hydroxylation is 2. The lowest BCUT2D eigenvalue weighted by Crippen LogP contribution is -2.41. The zero-order chi connectivity index (χ0) is 23.9. The summed E-state index contributed by atoms with van der Waals surface area (Å²) in [7, 11) is 0. The summed E-state index contributed by atoms with van der Waals surface area (Å²) in [6.07, 6.45) is 1.49. The molecular formula is C27H28N4O3. The van der Waals surface area contributed by atoms with Gasteiger partial charge in [-0.05, 0) is 62.2 Å². The predicted octanol–water partition coefficient (Wildman–Crippen LogP) is 4.88. The summed E-state index contributed by atoms with van der Waals surface area (Å²) in [6, 6.07) is 24.8. The first kappa shape index (κ1) is 23.0. The highest BCUT2D eigenvalue weighted by Crippen LogP contribution is 2.23. The summed E-state index contributed by atoms with van der Waals surface area (Å²) in [6.45, 7) is 3.59. The number of fused-ring (bicyclic) bond motifs is 1. The van der Waals surface area contributed by atoms with Crippen molar-refractivity contribution in [3.63, 3.8) is 0 Å². The number of amides is 2. The molecule has 0 saturated heterocycles. The Morgan fingerprint density at radius 2 is 1.74 bits per heavy atom. The second-order valence-electron chi connectivity index (χ2n) is 7.96. The van der Waals surface area contributed by atoms with E-state index in [0.29, 0.717) is 5.69 Å². The van der Waals surface area contributed by atoms with Crippen molar-refractivity contribution in [2.45, 2.75) is 32.7 Å². The van der Waals surface area contributed by atoms with Gasteiger partial charge >= 0.3 is 12.0 Å². The second kappa shape index (κ2) is 10.7. The second-order valence-corrected chi connectivity index (χ2v) is 7.96. The first-order chi connectivity index (χ1) is 16.5. The summed E-state index contributed by atoms with van der Waals surface area (Å²) < 4.78 is 7.12. The first-order valence-electron chi connectivity index (χ1n) is 11.4. The molecule has 4 rings (SSSR count). The van der Waals surface area contributed by atoms with Gasteiger partial charge in [-0.15, -0.1) is 0 Å². The molecule has 0 aliphatic rings. The summed E-state index contributed by atoms with van der Waals surface area (Å²) in [5.74, 6) is 0.513. The third-order valence-corrected chi connectivity index (χ3v) is 5.45. The van der Waals surface area contributed by atoms with Crippen molar-refractivity contribution < 1.29 is 14.3 Å². The molecule has 4 aromatic rings. The summed E-state index contributed by atoms with van der Waals surface area (Å²) in [5, 5.41) is 5.38. The number of ether oxygens (including phenoxy) is 1. The molecule has 0 radical (unpaired) electrons. The van der Waals surface area contributed by atoms with E-state index in [-0.39, 0.29) is 6.61 Å². The minimum absolute atomic E-state index is 0.270. The zero-order valence-electron chi connectivity index (χ0n) is 19.3. The number of nitrogens with one attached hydrogen (secondary N) is 2. The van der Waals surface area contributed by atoms with Crippen molar-refractivity contribution in [2.75, 3.05) is 11.9 Å². The lowest BCUT2D eigenvalue weighted by molar-refractivity contribution is -0.144. The normalized spacial score (nSPS) is 11.7. The minimum Gasteiger partial charge on any atom is -0.464 e. The van der Waals surface area contributed by atoms with E-state index in [1.807, 2.05) is 60.7 Å². The molecule has 0 unspecified atom stereocenters. The van der Waals surface area contributed by atoms with Crippen LogP contribution in [0.25, 0.3) is 16.7 Å². The van der Waals surface area contributed by atoms with Crippen molar-refractivity contribution in [3.05, 3.63) is 90.3 Å². The smallest absolute Gasteiger partial charge is 0.328 e. The van der Waals surface area contributed by atoms with E-state index < -0.39 is 18.0 Å². The quantitative estimate of drug-likeness (QED) is 0.370. The van der Waals surface area contributed by atoms with E-state index in [1.54, 1.807) is 13.8 Å². The third kappa shape index (κ3) is 5.43. The van der Waals surface area contributed by atoms with Crippen LogP contribution < -0.4 is 10.6 Å². The average Bonchev–Trinajstić information content (AvgIpc) is 3.22. The van der Waals surface area contributed by atoms with Crippen molar-refractivity contribution in [3.8, 4) is 5.69 Å². The number of carbonyl (C=O) groups excluding carboxylic acids is 2. The fraction of sp³-hybridized carbons (Fsp3) is 0.222. The van der Waals surface area contributed by atoms with Gasteiger partial charge in [0.05, 0.1) is 17.6 Å². The van der Waals surface area contributed by atoms with Gasteiger partial charge in [0.15, 0.2) is 0 Å². The number of rotatable bonds is 8. The Kier molecular flexibility index (Phi) is 7.22. The molecule has 7 nitrogen and oxygen atoms in total. The van der Waals surface area contributed by atoms with Gasteiger partial charge in [-0.1, -0.05) is 42.5 Å². The van der Waals surface area contributed by atoms with Gasteiger partial charge in [-0.25, -0.2) is 14.6 Å². The highest BCUT2D eigenvalue weighted by atomic mass is 16.5. The highest BCUT2D eigenvalue weighted by Gasteiger charge is 2.17. The number of imidazole rings is 1. The number of hydrogen-bond acceptors (Lipinski definition) is 4. The molecule has 1 aromatic heterocycles. The Morgan fingerprint density at radius 1 is 0.971 bits per heavy atom. The van der Waals surface area contributed by atoms with Gasteiger partial charge < -0.3 is 15.4 Å². The van der Waals surface area contributed by atoms with Crippen LogP contribution in [0.1, 0.15) is 25.2 Å². The number of aromatic nitrogens is 2. The van der Waals surface area contributed by atoms with Crippen LogP contribution in [0.15, 0.2) is 78.9 Å². The molecular weight excluding hydrogens is 428 g/mol. The van der Waals surface area contributed by atoms with Crippen molar-refractivity contribution >= 4 is 28.7 Å². The van der Waals surface area contributed by atoms with E-state index >= 15 is 0 Å². The van der Waals surface area contributed by atoms with E-state index in [1.165, 1.54) is 0 Å². The molecule has 1 heterocycles.